The minimum absolute atomic E-state index is 0.234. The molecular weight excluding hydrogens is 362 g/mol. The Kier molecular flexibility index (Phi) is 4.22. The van der Waals surface area contributed by atoms with E-state index in [2.05, 4.69) is 76.0 Å². The Labute approximate surface area is 160 Å². The average Bonchev–Trinajstić information content (AvgIpc) is 3.49. The maximum absolute atomic E-state index is 5.61. The summed E-state index contributed by atoms with van der Waals surface area (Å²) in [6.45, 7) is 1.32. The minimum Gasteiger partial charge on any atom is -0.346 e. The Balaban J connectivity index is 1.61. The molecule has 0 atom stereocenters. The number of thiophene rings is 2. The smallest absolute Gasteiger partial charge is 0.184 e. The summed E-state index contributed by atoms with van der Waals surface area (Å²) in [4.78, 5) is 2.53. The van der Waals surface area contributed by atoms with Gasteiger partial charge < -0.3 is 14.0 Å². The second kappa shape index (κ2) is 6.85. The average molecular weight is 380 g/mol. The molecule has 0 radical (unpaired) electrons. The summed E-state index contributed by atoms with van der Waals surface area (Å²) in [7, 11) is 0. The monoisotopic (exact) mass is 379 g/mol. The molecule has 1 aliphatic heterocycles. The van der Waals surface area contributed by atoms with E-state index in [4.69, 9.17) is 9.47 Å². The molecule has 26 heavy (non-hydrogen) atoms. The third kappa shape index (κ3) is 2.83. The zero-order valence-corrected chi connectivity index (χ0v) is 15.6. The van der Waals surface area contributed by atoms with Crippen molar-refractivity contribution in [2.75, 3.05) is 13.2 Å². The third-order valence-corrected chi connectivity index (χ3v) is 6.26. The molecule has 1 saturated heterocycles. The largest absolute Gasteiger partial charge is 0.346 e. The van der Waals surface area contributed by atoms with Gasteiger partial charge in [-0.3, -0.25) is 0 Å². The predicted octanol–water partition coefficient (Wildman–Crippen LogP) is 5.98. The van der Waals surface area contributed by atoms with Crippen molar-refractivity contribution >= 4 is 22.7 Å². The van der Waals surface area contributed by atoms with Crippen molar-refractivity contribution in [1.82, 2.24) is 4.57 Å². The van der Waals surface area contributed by atoms with E-state index in [0.717, 1.165) is 11.3 Å². The Morgan fingerprint density at radius 3 is 1.81 bits per heavy atom. The van der Waals surface area contributed by atoms with Crippen LogP contribution < -0.4 is 0 Å². The van der Waals surface area contributed by atoms with Gasteiger partial charge in [-0.15, -0.1) is 22.7 Å². The van der Waals surface area contributed by atoms with Crippen LogP contribution in [0.5, 0.6) is 0 Å². The molecule has 1 aromatic carbocycles. The van der Waals surface area contributed by atoms with E-state index in [1.807, 2.05) is 0 Å². The zero-order chi connectivity index (χ0) is 17.3. The van der Waals surface area contributed by atoms with Gasteiger partial charge in [0.25, 0.3) is 0 Å². The standard InChI is InChI=1S/C21H17NO2S2/c1-3-19(25-13-1)17-9-10-18(20-4-2-14-26-20)22(17)16-7-5-15(6-8-16)21-23-11-12-24-21/h1-10,13-14,21H,11-12H2. The van der Waals surface area contributed by atoms with Gasteiger partial charge in [-0.25, -0.2) is 0 Å². The fourth-order valence-electron chi connectivity index (χ4n) is 3.28. The maximum atomic E-state index is 5.61. The fraction of sp³-hybridized carbons (Fsp3) is 0.143. The molecule has 0 spiro atoms. The minimum atomic E-state index is -0.234. The molecule has 1 aliphatic rings. The Bertz CT molecular complexity index is 928. The normalized spacial score (nSPS) is 14.9. The van der Waals surface area contributed by atoms with Crippen LogP contribution >= 0.6 is 22.7 Å². The van der Waals surface area contributed by atoms with E-state index in [-0.39, 0.29) is 6.29 Å². The third-order valence-electron chi connectivity index (χ3n) is 4.47. The Morgan fingerprint density at radius 1 is 0.731 bits per heavy atom. The molecule has 4 aromatic rings. The maximum Gasteiger partial charge on any atom is 0.184 e. The van der Waals surface area contributed by atoms with Gasteiger partial charge in [-0.1, -0.05) is 24.3 Å². The number of ether oxygens (including phenoxy) is 2. The van der Waals surface area contributed by atoms with E-state index in [9.17, 15) is 0 Å². The topological polar surface area (TPSA) is 23.4 Å². The molecule has 0 aliphatic carbocycles. The van der Waals surface area contributed by atoms with Crippen LogP contribution in [0.4, 0.5) is 0 Å². The molecule has 0 unspecified atom stereocenters. The van der Waals surface area contributed by atoms with Crippen LogP contribution in [0, 0.1) is 0 Å². The van der Waals surface area contributed by atoms with Crippen LogP contribution in [0.25, 0.3) is 26.8 Å². The van der Waals surface area contributed by atoms with Crippen LogP contribution in [0.2, 0.25) is 0 Å². The van der Waals surface area contributed by atoms with Crippen molar-refractivity contribution in [3.63, 3.8) is 0 Å². The lowest BCUT2D eigenvalue weighted by atomic mass is 10.2. The lowest BCUT2D eigenvalue weighted by molar-refractivity contribution is -0.0441. The molecule has 0 amide bonds. The van der Waals surface area contributed by atoms with E-state index < -0.39 is 0 Å². The van der Waals surface area contributed by atoms with Crippen molar-refractivity contribution in [3.05, 3.63) is 77.0 Å². The quantitative estimate of drug-likeness (QED) is 0.435. The second-order valence-electron chi connectivity index (χ2n) is 6.06. The van der Waals surface area contributed by atoms with Gasteiger partial charge in [0.05, 0.1) is 34.4 Å². The first-order chi connectivity index (χ1) is 12.9. The summed E-state index contributed by atoms with van der Waals surface area (Å²) in [5.74, 6) is 0. The van der Waals surface area contributed by atoms with Gasteiger partial charge in [-0.05, 0) is 47.2 Å². The molecular formula is C21H17NO2S2. The van der Waals surface area contributed by atoms with Gasteiger partial charge in [0.15, 0.2) is 6.29 Å². The molecule has 3 aromatic heterocycles. The molecule has 130 valence electrons. The number of hydrogen-bond acceptors (Lipinski definition) is 4. The highest BCUT2D eigenvalue weighted by atomic mass is 32.1. The second-order valence-corrected chi connectivity index (χ2v) is 7.95. The van der Waals surface area contributed by atoms with Crippen molar-refractivity contribution in [1.29, 1.82) is 0 Å². The summed E-state index contributed by atoms with van der Waals surface area (Å²) in [6.07, 6.45) is -0.234. The van der Waals surface area contributed by atoms with Crippen LogP contribution in [-0.2, 0) is 9.47 Å². The molecule has 1 fully saturated rings. The summed E-state index contributed by atoms with van der Waals surface area (Å²) < 4.78 is 13.5. The van der Waals surface area contributed by atoms with Gasteiger partial charge >= 0.3 is 0 Å². The van der Waals surface area contributed by atoms with Gasteiger partial charge in [-0.2, -0.15) is 0 Å². The number of rotatable bonds is 4. The molecule has 4 heterocycles. The SMILES string of the molecule is c1csc(-c2ccc(-c3cccs3)n2-c2ccc(C3OCCO3)cc2)c1. The Morgan fingerprint density at radius 2 is 1.31 bits per heavy atom. The first kappa shape index (κ1) is 16.0. The first-order valence-corrected chi connectivity index (χ1v) is 10.3. The number of aromatic nitrogens is 1. The van der Waals surface area contributed by atoms with Crippen molar-refractivity contribution in [2.45, 2.75) is 6.29 Å². The first-order valence-electron chi connectivity index (χ1n) is 8.53. The van der Waals surface area contributed by atoms with Gasteiger partial charge in [0.2, 0.25) is 0 Å². The summed E-state index contributed by atoms with van der Waals surface area (Å²) in [5.41, 5.74) is 4.63. The van der Waals surface area contributed by atoms with E-state index in [0.29, 0.717) is 13.2 Å². The molecule has 0 saturated carbocycles. The zero-order valence-electron chi connectivity index (χ0n) is 14.0. The van der Waals surface area contributed by atoms with E-state index >= 15 is 0 Å². The molecule has 0 bridgehead atoms. The number of benzene rings is 1. The lowest BCUT2D eigenvalue weighted by Gasteiger charge is -2.14. The molecule has 5 heteroatoms. The van der Waals surface area contributed by atoms with Crippen LogP contribution in [0.3, 0.4) is 0 Å². The summed E-state index contributed by atoms with van der Waals surface area (Å²) in [6, 6.07) is 21.4. The van der Waals surface area contributed by atoms with E-state index in [1.54, 1.807) is 22.7 Å². The van der Waals surface area contributed by atoms with Crippen molar-refractivity contribution < 1.29 is 9.47 Å². The molecule has 3 nitrogen and oxygen atoms in total. The summed E-state index contributed by atoms with van der Waals surface area (Å²) >= 11 is 3.52. The van der Waals surface area contributed by atoms with E-state index in [1.165, 1.54) is 21.1 Å². The fourth-order valence-corrected chi connectivity index (χ4v) is 4.76. The van der Waals surface area contributed by atoms with Gasteiger partial charge in [0.1, 0.15) is 0 Å². The van der Waals surface area contributed by atoms with Crippen LogP contribution in [0.1, 0.15) is 11.9 Å². The lowest BCUT2D eigenvalue weighted by Crippen LogP contribution is -2.01. The highest BCUT2D eigenvalue weighted by molar-refractivity contribution is 7.14. The van der Waals surface area contributed by atoms with Gasteiger partial charge in [0, 0.05) is 11.3 Å². The highest BCUT2D eigenvalue weighted by Gasteiger charge is 2.19. The molecule has 0 N–H and O–H groups in total. The van der Waals surface area contributed by atoms with Crippen LogP contribution in [0.15, 0.2) is 71.4 Å². The predicted molar refractivity (Wildman–Crippen MR) is 107 cm³/mol. The van der Waals surface area contributed by atoms with Crippen molar-refractivity contribution in [2.24, 2.45) is 0 Å². The number of hydrogen-bond donors (Lipinski definition) is 0. The number of nitrogens with zero attached hydrogens (tertiary/aromatic N) is 1. The molecule has 5 rings (SSSR count). The van der Waals surface area contributed by atoms with Crippen LogP contribution in [-0.4, -0.2) is 17.8 Å². The Hall–Kier alpha value is -2.18. The van der Waals surface area contributed by atoms with Crippen molar-refractivity contribution in [3.8, 4) is 26.8 Å². The summed E-state index contributed by atoms with van der Waals surface area (Å²) in [5, 5.41) is 4.24. The highest BCUT2D eigenvalue weighted by Crippen LogP contribution is 2.36.